The van der Waals surface area contributed by atoms with Gasteiger partial charge in [-0.3, -0.25) is 9.59 Å². The molecule has 0 unspecified atom stereocenters. The molecular weight excluding hydrogens is 360 g/mol. The molecule has 0 spiro atoms. The lowest BCUT2D eigenvalue weighted by Gasteiger charge is -2.12. The van der Waals surface area contributed by atoms with Crippen LogP contribution in [0.25, 0.3) is 0 Å². The lowest BCUT2D eigenvalue weighted by Crippen LogP contribution is -2.14. The molecule has 0 aliphatic rings. The van der Waals surface area contributed by atoms with Crippen LogP contribution in [0, 0.1) is 13.8 Å². The van der Waals surface area contributed by atoms with Crippen molar-refractivity contribution in [2.75, 3.05) is 10.6 Å². The van der Waals surface area contributed by atoms with Crippen molar-refractivity contribution in [1.29, 1.82) is 0 Å². The summed E-state index contributed by atoms with van der Waals surface area (Å²) in [6.45, 7) is 3.76. The molecule has 0 aliphatic carbocycles. The summed E-state index contributed by atoms with van der Waals surface area (Å²) in [6, 6.07) is 19.5. The SMILES string of the molecule is Cc1ccc(C(=O)Nc2ccc(NC(=O)c3ccccc3)c(C)c2)cc1Cl. The number of nitrogens with one attached hydrogen (secondary N) is 2. The summed E-state index contributed by atoms with van der Waals surface area (Å²) in [6.07, 6.45) is 0. The molecule has 5 heteroatoms. The Morgan fingerprint density at radius 2 is 1.44 bits per heavy atom. The lowest BCUT2D eigenvalue weighted by atomic mass is 10.1. The second kappa shape index (κ2) is 8.06. The molecule has 0 aromatic heterocycles. The summed E-state index contributed by atoms with van der Waals surface area (Å²) in [5.74, 6) is -0.415. The zero-order valence-electron chi connectivity index (χ0n) is 15.0. The van der Waals surface area contributed by atoms with E-state index >= 15 is 0 Å². The van der Waals surface area contributed by atoms with Gasteiger partial charge in [0.2, 0.25) is 0 Å². The molecule has 136 valence electrons. The molecular formula is C22H19ClN2O2. The van der Waals surface area contributed by atoms with Crippen LogP contribution in [0.3, 0.4) is 0 Å². The van der Waals surface area contributed by atoms with Gasteiger partial charge in [0.25, 0.3) is 11.8 Å². The van der Waals surface area contributed by atoms with Crippen molar-refractivity contribution in [2.45, 2.75) is 13.8 Å². The van der Waals surface area contributed by atoms with Gasteiger partial charge in [0.05, 0.1) is 0 Å². The molecule has 0 atom stereocenters. The molecule has 3 aromatic carbocycles. The van der Waals surface area contributed by atoms with Crippen LogP contribution >= 0.6 is 11.6 Å². The van der Waals surface area contributed by atoms with Crippen LogP contribution in [0.15, 0.2) is 66.7 Å². The Bertz CT molecular complexity index is 1000. The number of hydrogen-bond donors (Lipinski definition) is 2. The van der Waals surface area contributed by atoms with E-state index in [9.17, 15) is 9.59 Å². The Kier molecular flexibility index (Phi) is 5.57. The molecule has 0 aliphatic heterocycles. The molecule has 0 saturated carbocycles. The number of halogens is 1. The van der Waals surface area contributed by atoms with Gasteiger partial charge in [0.15, 0.2) is 0 Å². The number of amides is 2. The fourth-order valence-electron chi connectivity index (χ4n) is 2.60. The van der Waals surface area contributed by atoms with Crippen molar-refractivity contribution in [2.24, 2.45) is 0 Å². The highest BCUT2D eigenvalue weighted by Gasteiger charge is 2.10. The predicted octanol–water partition coefficient (Wildman–Crippen LogP) is 5.46. The molecule has 2 N–H and O–H groups in total. The number of anilines is 2. The second-order valence-electron chi connectivity index (χ2n) is 6.27. The first-order valence-corrected chi connectivity index (χ1v) is 8.86. The molecule has 3 aromatic rings. The topological polar surface area (TPSA) is 58.2 Å². The van der Waals surface area contributed by atoms with Gasteiger partial charge in [-0.25, -0.2) is 0 Å². The molecule has 2 amide bonds. The average Bonchev–Trinajstić information content (AvgIpc) is 2.66. The van der Waals surface area contributed by atoms with Crippen LogP contribution in [0.1, 0.15) is 31.8 Å². The van der Waals surface area contributed by atoms with Gasteiger partial charge in [-0.05, 0) is 67.4 Å². The highest BCUT2D eigenvalue weighted by atomic mass is 35.5. The zero-order chi connectivity index (χ0) is 19.4. The van der Waals surface area contributed by atoms with Gasteiger partial charge in [-0.15, -0.1) is 0 Å². The van der Waals surface area contributed by atoms with E-state index < -0.39 is 0 Å². The van der Waals surface area contributed by atoms with Crippen molar-refractivity contribution < 1.29 is 9.59 Å². The van der Waals surface area contributed by atoms with Crippen LogP contribution in [-0.4, -0.2) is 11.8 Å². The number of rotatable bonds is 4. The summed E-state index contributed by atoms with van der Waals surface area (Å²) in [7, 11) is 0. The van der Waals surface area contributed by atoms with E-state index in [4.69, 9.17) is 11.6 Å². The molecule has 0 heterocycles. The first-order chi connectivity index (χ1) is 12.9. The van der Waals surface area contributed by atoms with Gasteiger partial charge < -0.3 is 10.6 Å². The van der Waals surface area contributed by atoms with E-state index in [1.165, 1.54) is 0 Å². The minimum absolute atomic E-state index is 0.176. The Morgan fingerprint density at radius 1 is 0.741 bits per heavy atom. The van der Waals surface area contributed by atoms with Crippen molar-refractivity contribution in [3.8, 4) is 0 Å². The first kappa shape index (κ1) is 18.7. The monoisotopic (exact) mass is 378 g/mol. The van der Waals surface area contributed by atoms with Crippen LogP contribution < -0.4 is 10.6 Å². The standard InChI is InChI=1S/C22H19ClN2O2/c1-14-8-9-17(13-19(14)23)22(27)24-18-10-11-20(15(2)12-18)25-21(26)16-6-4-3-5-7-16/h3-13H,1-2H3,(H,24,27)(H,25,26). The maximum absolute atomic E-state index is 12.4. The predicted molar refractivity (Wildman–Crippen MR) is 110 cm³/mol. The number of benzene rings is 3. The van der Waals surface area contributed by atoms with Gasteiger partial charge in [-0.1, -0.05) is 35.9 Å². The lowest BCUT2D eigenvalue weighted by molar-refractivity contribution is 0.101. The largest absolute Gasteiger partial charge is 0.322 e. The first-order valence-electron chi connectivity index (χ1n) is 8.48. The van der Waals surface area contributed by atoms with Gasteiger partial charge >= 0.3 is 0 Å². The molecule has 3 rings (SSSR count). The quantitative estimate of drug-likeness (QED) is 0.633. The normalized spacial score (nSPS) is 10.3. The maximum atomic E-state index is 12.4. The smallest absolute Gasteiger partial charge is 0.255 e. The molecule has 0 bridgehead atoms. The second-order valence-corrected chi connectivity index (χ2v) is 6.68. The van der Waals surface area contributed by atoms with Crippen LogP contribution in [0.4, 0.5) is 11.4 Å². The Hall–Kier alpha value is -3.11. The number of hydrogen-bond acceptors (Lipinski definition) is 2. The Morgan fingerprint density at radius 3 is 2.11 bits per heavy atom. The highest BCUT2D eigenvalue weighted by molar-refractivity contribution is 6.31. The third kappa shape index (κ3) is 4.54. The Labute approximate surface area is 163 Å². The molecule has 27 heavy (non-hydrogen) atoms. The van der Waals surface area contributed by atoms with E-state index in [2.05, 4.69) is 10.6 Å². The molecule has 0 saturated heterocycles. The van der Waals surface area contributed by atoms with E-state index in [-0.39, 0.29) is 11.8 Å². The molecule has 0 fully saturated rings. The minimum atomic E-state index is -0.239. The summed E-state index contributed by atoms with van der Waals surface area (Å²) >= 11 is 6.09. The maximum Gasteiger partial charge on any atom is 0.255 e. The number of carbonyl (C=O) groups is 2. The van der Waals surface area contributed by atoms with Crippen LogP contribution in [0.5, 0.6) is 0 Å². The van der Waals surface area contributed by atoms with Crippen LogP contribution in [0.2, 0.25) is 5.02 Å². The molecule has 4 nitrogen and oxygen atoms in total. The average molecular weight is 379 g/mol. The summed E-state index contributed by atoms with van der Waals surface area (Å²) in [5, 5.41) is 6.28. The van der Waals surface area contributed by atoms with Crippen molar-refractivity contribution in [3.05, 3.63) is 94.0 Å². The summed E-state index contributed by atoms with van der Waals surface area (Å²) < 4.78 is 0. The fraction of sp³-hybridized carbons (Fsp3) is 0.0909. The van der Waals surface area contributed by atoms with Crippen molar-refractivity contribution >= 4 is 34.8 Å². The van der Waals surface area contributed by atoms with Gasteiger partial charge in [0.1, 0.15) is 0 Å². The third-order valence-corrected chi connectivity index (χ3v) is 4.61. The van der Waals surface area contributed by atoms with Crippen molar-refractivity contribution in [1.82, 2.24) is 0 Å². The van der Waals surface area contributed by atoms with Crippen molar-refractivity contribution in [3.63, 3.8) is 0 Å². The van der Waals surface area contributed by atoms with E-state index in [1.807, 2.05) is 44.2 Å². The third-order valence-electron chi connectivity index (χ3n) is 4.20. The van der Waals surface area contributed by atoms with Gasteiger partial charge in [-0.2, -0.15) is 0 Å². The highest BCUT2D eigenvalue weighted by Crippen LogP contribution is 2.22. The number of aryl methyl sites for hydroxylation is 2. The number of carbonyl (C=O) groups excluding carboxylic acids is 2. The van der Waals surface area contributed by atoms with E-state index in [0.717, 1.165) is 11.1 Å². The van der Waals surface area contributed by atoms with Crippen LogP contribution in [-0.2, 0) is 0 Å². The van der Waals surface area contributed by atoms with Gasteiger partial charge in [0, 0.05) is 27.5 Å². The summed E-state index contributed by atoms with van der Waals surface area (Å²) in [5.41, 5.74) is 4.18. The molecule has 0 radical (unpaired) electrons. The Balaban J connectivity index is 1.71. The summed E-state index contributed by atoms with van der Waals surface area (Å²) in [4.78, 5) is 24.7. The minimum Gasteiger partial charge on any atom is -0.322 e. The zero-order valence-corrected chi connectivity index (χ0v) is 15.8. The van der Waals surface area contributed by atoms with E-state index in [0.29, 0.717) is 27.5 Å². The van der Waals surface area contributed by atoms with E-state index in [1.54, 1.807) is 36.4 Å². The fourth-order valence-corrected chi connectivity index (χ4v) is 2.78.